The number of carbonyl (C=O) groups is 1. The first kappa shape index (κ1) is 12.7. The van der Waals surface area contributed by atoms with Crippen LogP contribution in [0.4, 0.5) is 5.69 Å². The standard InChI is InChI=1S/C11H16N4O3/c16-11(8-14-4-1-2-12-3-5-14)10-6-9(7-13-10)15(17)18/h6-7,12-13H,1-5,8H2. The lowest BCUT2D eigenvalue weighted by molar-refractivity contribution is -0.384. The van der Waals surface area contributed by atoms with E-state index in [-0.39, 0.29) is 11.5 Å². The molecule has 0 aliphatic carbocycles. The molecule has 18 heavy (non-hydrogen) atoms. The second kappa shape index (κ2) is 5.74. The van der Waals surface area contributed by atoms with Crippen LogP contribution in [0.2, 0.25) is 0 Å². The van der Waals surface area contributed by atoms with E-state index >= 15 is 0 Å². The molecule has 1 aliphatic heterocycles. The van der Waals surface area contributed by atoms with Crippen molar-refractivity contribution in [1.82, 2.24) is 15.2 Å². The van der Waals surface area contributed by atoms with Crippen molar-refractivity contribution < 1.29 is 9.72 Å². The second-order valence-corrected chi connectivity index (χ2v) is 4.33. The van der Waals surface area contributed by atoms with E-state index in [2.05, 4.69) is 15.2 Å². The summed E-state index contributed by atoms with van der Waals surface area (Å²) in [5, 5.41) is 13.8. The number of hydrogen-bond donors (Lipinski definition) is 2. The average molecular weight is 252 g/mol. The Hall–Kier alpha value is -1.73. The number of Topliss-reactive ketones (excluding diaryl/α,β-unsaturated/α-hetero) is 1. The van der Waals surface area contributed by atoms with Crippen molar-refractivity contribution in [1.29, 1.82) is 0 Å². The molecule has 1 fully saturated rings. The van der Waals surface area contributed by atoms with Crippen LogP contribution >= 0.6 is 0 Å². The second-order valence-electron chi connectivity index (χ2n) is 4.33. The molecule has 2 heterocycles. The van der Waals surface area contributed by atoms with Crippen LogP contribution < -0.4 is 5.32 Å². The van der Waals surface area contributed by atoms with Crippen LogP contribution in [0.1, 0.15) is 16.9 Å². The minimum absolute atomic E-state index is 0.0733. The predicted octanol–water partition coefficient (Wildman–Crippen LogP) is 0.401. The maximum absolute atomic E-state index is 11.9. The Bertz CT molecular complexity index is 435. The molecule has 0 amide bonds. The number of nitrogens with zero attached hydrogens (tertiary/aromatic N) is 2. The van der Waals surface area contributed by atoms with Crippen molar-refractivity contribution >= 4 is 11.5 Å². The molecule has 98 valence electrons. The lowest BCUT2D eigenvalue weighted by Gasteiger charge is -2.17. The highest BCUT2D eigenvalue weighted by atomic mass is 16.6. The molecule has 0 radical (unpaired) electrons. The lowest BCUT2D eigenvalue weighted by atomic mass is 10.2. The van der Waals surface area contributed by atoms with Gasteiger partial charge in [-0.1, -0.05) is 0 Å². The van der Waals surface area contributed by atoms with Gasteiger partial charge in [0, 0.05) is 19.2 Å². The lowest BCUT2D eigenvalue weighted by Crippen LogP contribution is -2.33. The fraction of sp³-hybridized carbons (Fsp3) is 0.545. The molecule has 1 aliphatic rings. The summed E-state index contributed by atoms with van der Waals surface area (Å²) in [6.45, 7) is 3.85. The summed E-state index contributed by atoms with van der Waals surface area (Å²) >= 11 is 0. The molecular formula is C11H16N4O3. The minimum atomic E-state index is -0.511. The fourth-order valence-corrected chi connectivity index (χ4v) is 2.00. The number of carbonyl (C=O) groups excluding carboxylic acids is 1. The highest BCUT2D eigenvalue weighted by Gasteiger charge is 2.18. The zero-order chi connectivity index (χ0) is 13.0. The smallest absolute Gasteiger partial charge is 0.287 e. The van der Waals surface area contributed by atoms with Crippen LogP contribution in [-0.2, 0) is 0 Å². The van der Waals surface area contributed by atoms with E-state index in [4.69, 9.17) is 0 Å². The van der Waals surface area contributed by atoms with Gasteiger partial charge in [0.15, 0.2) is 5.78 Å². The van der Waals surface area contributed by atoms with E-state index in [0.29, 0.717) is 12.2 Å². The molecule has 1 aromatic rings. The summed E-state index contributed by atoms with van der Waals surface area (Å²) < 4.78 is 0. The zero-order valence-electron chi connectivity index (χ0n) is 10.0. The normalized spacial score (nSPS) is 17.3. The van der Waals surface area contributed by atoms with Crippen molar-refractivity contribution in [3.8, 4) is 0 Å². The Morgan fingerprint density at radius 2 is 2.28 bits per heavy atom. The predicted molar refractivity (Wildman–Crippen MR) is 65.7 cm³/mol. The van der Waals surface area contributed by atoms with E-state index in [1.165, 1.54) is 12.3 Å². The Kier molecular flexibility index (Phi) is 4.06. The van der Waals surface area contributed by atoms with Crippen LogP contribution in [0, 0.1) is 10.1 Å². The fourth-order valence-electron chi connectivity index (χ4n) is 2.00. The number of hydrogen-bond acceptors (Lipinski definition) is 5. The zero-order valence-corrected chi connectivity index (χ0v) is 10.0. The Balaban J connectivity index is 1.95. The molecule has 0 unspecified atom stereocenters. The van der Waals surface area contributed by atoms with Crippen LogP contribution in [-0.4, -0.2) is 53.3 Å². The third-order valence-electron chi connectivity index (χ3n) is 2.98. The molecule has 0 bridgehead atoms. The Morgan fingerprint density at radius 1 is 1.44 bits per heavy atom. The van der Waals surface area contributed by atoms with Gasteiger partial charge >= 0.3 is 0 Å². The molecule has 2 rings (SSSR count). The maximum atomic E-state index is 11.9. The van der Waals surface area contributed by atoms with Gasteiger partial charge in [0.2, 0.25) is 0 Å². The number of rotatable bonds is 4. The van der Waals surface area contributed by atoms with Crippen LogP contribution in [0.5, 0.6) is 0 Å². The third kappa shape index (κ3) is 3.14. The molecule has 7 nitrogen and oxygen atoms in total. The van der Waals surface area contributed by atoms with Crippen LogP contribution in [0.15, 0.2) is 12.3 Å². The maximum Gasteiger partial charge on any atom is 0.287 e. The average Bonchev–Trinajstić information content (AvgIpc) is 2.70. The van der Waals surface area contributed by atoms with Gasteiger partial charge < -0.3 is 10.3 Å². The number of ketones is 1. The number of nitro groups is 1. The van der Waals surface area contributed by atoms with Crippen molar-refractivity contribution in [3.63, 3.8) is 0 Å². The first-order chi connectivity index (χ1) is 8.66. The number of nitrogens with one attached hydrogen (secondary N) is 2. The molecule has 7 heteroatoms. The summed E-state index contributed by atoms with van der Waals surface area (Å²) in [4.78, 5) is 26.7. The SMILES string of the molecule is O=C(CN1CCCNCC1)c1cc([N+](=O)[O-])c[nH]1. The highest BCUT2D eigenvalue weighted by molar-refractivity contribution is 5.96. The van der Waals surface area contributed by atoms with E-state index in [1.54, 1.807) is 0 Å². The summed E-state index contributed by atoms with van der Waals surface area (Å²) in [5.41, 5.74) is 0.231. The van der Waals surface area contributed by atoms with Crippen LogP contribution in [0.25, 0.3) is 0 Å². The number of aromatic nitrogens is 1. The molecule has 0 atom stereocenters. The largest absolute Gasteiger partial charge is 0.353 e. The van der Waals surface area contributed by atoms with Gasteiger partial charge in [-0.2, -0.15) is 0 Å². The first-order valence-corrected chi connectivity index (χ1v) is 5.96. The molecule has 1 aromatic heterocycles. The van der Waals surface area contributed by atoms with Crippen molar-refractivity contribution in [2.75, 3.05) is 32.7 Å². The van der Waals surface area contributed by atoms with Gasteiger partial charge in [-0.15, -0.1) is 0 Å². The third-order valence-corrected chi connectivity index (χ3v) is 2.98. The Labute approximate surface area is 104 Å². The van der Waals surface area contributed by atoms with E-state index in [1.807, 2.05) is 0 Å². The highest BCUT2D eigenvalue weighted by Crippen LogP contribution is 2.13. The molecule has 0 saturated carbocycles. The summed E-state index contributed by atoms with van der Waals surface area (Å²) in [7, 11) is 0. The quantitative estimate of drug-likeness (QED) is 0.460. The number of H-pyrrole nitrogens is 1. The molecule has 0 aromatic carbocycles. The van der Waals surface area contributed by atoms with Gasteiger partial charge in [-0.25, -0.2) is 0 Å². The van der Waals surface area contributed by atoms with Gasteiger partial charge in [-0.05, 0) is 19.5 Å². The van der Waals surface area contributed by atoms with E-state index in [9.17, 15) is 14.9 Å². The van der Waals surface area contributed by atoms with Crippen molar-refractivity contribution in [3.05, 3.63) is 28.1 Å². The van der Waals surface area contributed by atoms with Crippen molar-refractivity contribution in [2.24, 2.45) is 0 Å². The summed E-state index contributed by atoms with van der Waals surface area (Å²) in [6, 6.07) is 1.29. The minimum Gasteiger partial charge on any atom is -0.353 e. The topological polar surface area (TPSA) is 91.3 Å². The van der Waals surface area contributed by atoms with Gasteiger partial charge in [0.25, 0.3) is 5.69 Å². The van der Waals surface area contributed by atoms with Gasteiger partial charge in [0.05, 0.1) is 23.4 Å². The monoisotopic (exact) mass is 252 g/mol. The van der Waals surface area contributed by atoms with Crippen molar-refractivity contribution in [2.45, 2.75) is 6.42 Å². The number of aromatic amines is 1. The molecule has 1 saturated heterocycles. The molecular weight excluding hydrogens is 236 g/mol. The molecule has 0 spiro atoms. The van der Waals surface area contributed by atoms with E-state index < -0.39 is 4.92 Å². The van der Waals surface area contributed by atoms with Gasteiger partial charge in [0.1, 0.15) is 0 Å². The first-order valence-electron chi connectivity index (χ1n) is 5.96. The summed E-state index contributed by atoms with van der Waals surface area (Å²) in [5.74, 6) is -0.106. The summed E-state index contributed by atoms with van der Waals surface area (Å²) in [6.07, 6.45) is 2.26. The molecule has 2 N–H and O–H groups in total. The van der Waals surface area contributed by atoms with E-state index in [0.717, 1.165) is 32.6 Å². The van der Waals surface area contributed by atoms with Crippen LogP contribution in [0.3, 0.4) is 0 Å². The Morgan fingerprint density at radius 3 is 3.00 bits per heavy atom. The van der Waals surface area contributed by atoms with Gasteiger partial charge in [-0.3, -0.25) is 19.8 Å².